The van der Waals surface area contributed by atoms with Crippen LogP contribution in [0.25, 0.3) is 16.8 Å². The Kier molecular flexibility index (Phi) is 9.31. The predicted octanol–water partition coefficient (Wildman–Crippen LogP) is 7.43. The minimum absolute atomic E-state index is 0.207. The van der Waals surface area contributed by atoms with E-state index in [1.807, 2.05) is 78.9 Å². The highest BCUT2D eigenvalue weighted by molar-refractivity contribution is 7.07. The Morgan fingerprint density at radius 2 is 1.70 bits per heavy atom. The third kappa shape index (κ3) is 6.20. The lowest BCUT2D eigenvalue weighted by Crippen LogP contribution is -2.40. The molecule has 0 bridgehead atoms. The Bertz CT molecular complexity index is 2090. The molecule has 0 aliphatic carbocycles. The van der Waals surface area contributed by atoms with Gasteiger partial charge in [-0.05, 0) is 58.9 Å². The van der Waals surface area contributed by atoms with Gasteiger partial charge >= 0.3 is 5.97 Å². The molecule has 1 aliphatic rings. The third-order valence-corrected chi connectivity index (χ3v) is 9.24. The molecule has 6 rings (SSSR count). The van der Waals surface area contributed by atoms with Crippen molar-refractivity contribution in [3.05, 3.63) is 144 Å². The van der Waals surface area contributed by atoms with Crippen LogP contribution in [0, 0.1) is 0 Å². The van der Waals surface area contributed by atoms with Crippen molar-refractivity contribution in [1.29, 1.82) is 0 Å². The second-order valence-electron chi connectivity index (χ2n) is 11.7. The van der Waals surface area contributed by atoms with Crippen molar-refractivity contribution in [2.45, 2.75) is 59.1 Å². The number of hydrogen-bond donors (Lipinski definition) is 0. The van der Waals surface area contributed by atoms with E-state index in [4.69, 9.17) is 14.5 Å². The van der Waals surface area contributed by atoms with Gasteiger partial charge in [0, 0.05) is 5.56 Å². The average Bonchev–Trinajstić information content (AvgIpc) is 3.38. The molecule has 5 aromatic rings. The first-order valence-corrected chi connectivity index (χ1v) is 16.7. The molecule has 0 unspecified atom stereocenters. The molecule has 0 N–H and O–H groups in total. The fraction of sp³-hybridized carbons (Fsp3) is 0.256. The van der Waals surface area contributed by atoms with Crippen LogP contribution in [0.1, 0.15) is 74.8 Å². The molecule has 0 spiro atoms. The molecule has 0 saturated carbocycles. The van der Waals surface area contributed by atoms with E-state index < -0.39 is 12.0 Å². The number of rotatable bonds is 10. The van der Waals surface area contributed by atoms with E-state index in [-0.39, 0.29) is 12.2 Å². The van der Waals surface area contributed by atoms with Crippen molar-refractivity contribution >= 4 is 34.2 Å². The summed E-state index contributed by atoms with van der Waals surface area (Å²) in [6, 6.07) is 29.7. The lowest BCUT2D eigenvalue weighted by molar-refractivity contribution is -0.139. The summed E-state index contributed by atoms with van der Waals surface area (Å²) in [4.78, 5) is 33.5. The van der Waals surface area contributed by atoms with E-state index >= 15 is 0 Å². The smallest absolute Gasteiger partial charge is 0.338 e. The topological polar surface area (TPSA) is 69.9 Å². The maximum absolute atomic E-state index is 14.5. The van der Waals surface area contributed by atoms with E-state index in [1.54, 1.807) is 11.5 Å². The van der Waals surface area contributed by atoms with Crippen molar-refractivity contribution in [3.8, 4) is 5.75 Å². The van der Waals surface area contributed by atoms with Crippen molar-refractivity contribution in [1.82, 2.24) is 4.57 Å². The Hall–Kier alpha value is -4.75. The first-order chi connectivity index (χ1) is 22.4. The SMILES string of the molecule is CCCC1=C(C(=O)OCC)[C@@H](c2ccc(C(C)C)cc2)n2c(s/c(=C\c3c(OCc4ccccc4)ccc4ccccc34)c2=O)=N1. The molecule has 1 atom stereocenters. The number of benzene rings is 4. The van der Waals surface area contributed by atoms with Crippen LogP contribution >= 0.6 is 11.3 Å². The highest BCUT2D eigenvalue weighted by atomic mass is 32.1. The molecule has 2 heterocycles. The Balaban J connectivity index is 1.55. The minimum Gasteiger partial charge on any atom is -0.488 e. The third-order valence-electron chi connectivity index (χ3n) is 8.25. The van der Waals surface area contributed by atoms with Crippen LogP contribution in [0.3, 0.4) is 0 Å². The maximum Gasteiger partial charge on any atom is 0.338 e. The van der Waals surface area contributed by atoms with Gasteiger partial charge in [0.2, 0.25) is 0 Å². The van der Waals surface area contributed by atoms with Gasteiger partial charge in [-0.1, -0.05) is 123 Å². The largest absolute Gasteiger partial charge is 0.488 e. The summed E-state index contributed by atoms with van der Waals surface area (Å²) in [6.07, 6.45) is 3.31. The molecule has 0 amide bonds. The normalized spacial score (nSPS) is 14.8. The molecular weight excluding hydrogens is 593 g/mol. The Morgan fingerprint density at radius 3 is 2.41 bits per heavy atom. The molecule has 6 nitrogen and oxygen atoms in total. The zero-order chi connectivity index (χ0) is 32.2. The number of ether oxygens (including phenoxy) is 2. The molecule has 1 aliphatic heterocycles. The summed E-state index contributed by atoms with van der Waals surface area (Å²) in [7, 11) is 0. The highest BCUT2D eigenvalue weighted by Crippen LogP contribution is 2.34. The number of aromatic nitrogens is 1. The lowest BCUT2D eigenvalue weighted by atomic mass is 9.92. The van der Waals surface area contributed by atoms with Crippen molar-refractivity contribution < 1.29 is 14.3 Å². The Morgan fingerprint density at radius 1 is 0.957 bits per heavy atom. The van der Waals surface area contributed by atoms with Gasteiger partial charge in [-0.25, -0.2) is 9.79 Å². The standard InChI is InChI=1S/C39H38N2O4S/c1-5-12-32-35(38(43)44-6-2)36(29-19-17-27(18-20-29)25(3)4)41-37(42)34(46-39(41)40-32)23-31-30-16-11-10-15-28(30)21-22-33(31)45-24-26-13-8-7-9-14-26/h7-11,13-23,25,36H,5-6,12,24H2,1-4H3/b34-23-/t36-/m1/s1. The fourth-order valence-corrected chi connectivity index (χ4v) is 6.92. The van der Waals surface area contributed by atoms with Gasteiger partial charge in [0.25, 0.3) is 5.56 Å². The number of carbonyl (C=O) groups is 1. The first-order valence-electron chi connectivity index (χ1n) is 15.9. The number of fused-ring (bicyclic) bond motifs is 2. The minimum atomic E-state index is -0.651. The summed E-state index contributed by atoms with van der Waals surface area (Å²) >= 11 is 1.34. The fourth-order valence-electron chi connectivity index (χ4n) is 5.92. The quantitative estimate of drug-likeness (QED) is 0.151. The summed E-state index contributed by atoms with van der Waals surface area (Å²) < 4.78 is 14.1. The number of hydrogen-bond acceptors (Lipinski definition) is 6. The molecular formula is C39H38N2O4S. The number of thiazole rings is 1. The van der Waals surface area contributed by atoms with E-state index in [0.717, 1.165) is 33.9 Å². The maximum atomic E-state index is 14.5. The highest BCUT2D eigenvalue weighted by Gasteiger charge is 2.34. The zero-order valence-electron chi connectivity index (χ0n) is 26.7. The average molecular weight is 631 g/mol. The lowest BCUT2D eigenvalue weighted by Gasteiger charge is -2.26. The van der Waals surface area contributed by atoms with Gasteiger partial charge in [-0.15, -0.1) is 0 Å². The molecule has 46 heavy (non-hydrogen) atoms. The second kappa shape index (κ2) is 13.7. The summed E-state index contributed by atoms with van der Waals surface area (Å²) in [5.41, 5.74) is 4.81. The van der Waals surface area contributed by atoms with E-state index in [2.05, 4.69) is 39.0 Å². The first kappa shape index (κ1) is 31.2. The van der Waals surface area contributed by atoms with Gasteiger partial charge in [0.15, 0.2) is 4.80 Å². The molecule has 0 radical (unpaired) electrons. The molecule has 0 saturated heterocycles. The van der Waals surface area contributed by atoms with Crippen LogP contribution in [0.5, 0.6) is 5.75 Å². The molecule has 234 valence electrons. The van der Waals surface area contributed by atoms with Gasteiger partial charge in [0.05, 0.1) is 28.5 Å². The van der Waals surface area contributed by atoms with Crippen molar-refractivity contribution in [2.75, 3.05) is 6.61 Å². The van der Waals surface area contributed by atoms with Crippen LogP contribution in [-0.4, -0.2) is 17.1 Å². The summed E-state index contributed by atoms with van der Waals surface area (Å²) in [6.45, 7) is 8.78. The van der Waals surface area contributed by atoms with Gasteiger partial charge in [-0.2, -0.15) is 0 Å². The predicted molar refractivity (Wildman–Crippen MR) is 185 cm³/mol. The van der Waals surface area contributed by atoms with Crippen LogP contribution in [0.2, 0.25) is 0 Å². The Labute approximate surface area is 273 Å². The number of esters is 1. The molecule has 7 heteroatoms. The van der Waals surface area contributed by atoms with Crippen LogP contribution in [-0.2, 0) is 16.1 Å². The summed E-state index contributed by atoms with van der Waals surface area (Å²) in [5, 5.41) is 2.03. The number of allylic oxidation sites excluding steroid dienone is 1. The summed E-state index contributed by atoms with van der Waals surface area (Å²) in [5.74, 6) is 0.603. The van der Waals surface area contributed by atoms with Crippen molar-refractivity contribution in [2.24, 2.45) is 4.99 Å². The monoisotopic (exact) mass is 630 g/mol. The molecule has 0 fully saturated rings. The van der Waals surface area contributed by atoms with E-state index in [1.165, 1.54) is 16.9 Å². The van der Waals surface area contributed by atoms with Crippen LogP contribution in [0.15, 0.2) is 112 Å². The van der Waals surface area contributed by atoms with Crippen LogP contribution < -0.4 is 19.6 Å². The van der Waals surface area contributed by atoms with Crippen molar-refractivity contribution in [3.63, 3.8) is 0 Å². The molecule has 4 aromatic carbocycles. The van der Waals surface area contributed by atoms with Gasteiger partial charge in [0.1, 0.15) is 12.4 Å². The number of nitrogens with zero attached hydrogens (tertiary/aromatic N) is 2. The van der Waals surface area contributed by atoms with E-state index in [9.17, 15) is 9.59 Å². The zero-order valence-corrected chi connectivity index (χ0v) is 27.5. The van der Waals surface area contributed by atoms with Gasteiger partial charge in [-0.3, -0.25) is 9.36 Å². The van der Waals surface area contributed by atoms with E-state index in [0.29, 0.717) is 45.3 Å². The second-order valence-corrected chi connectivity index (χ2v) is 12.7. The van der Waals surface area contributed by atoms with Crippen LogP contribution in [0.4, 0.5) is 0 Å². The molecule has 1 aromatic heterocycles. The number of carbonyl (C=O) groups excluding carboxylic acids is 1. The van der Waals surface area contributed by atoms with Gasteiger partial charge < -0.3 is 9.47 Å².